The molecule has 1 nitrogen and oxygen atoms in total. The number of benzene rings is 1. The van der Waals surface area contributed by atoms with Gasteiger partial charge in [0.2, 0.25) is 0 Å². The topological polar surface area (TPSA) is 26.0 Å². The molecule has 0 aliphatic carbocycles. The lowest BCUT2D eigenvalue weighted by Crippen LogP contribution is -2.23. The highest BCUT2D eigenvalue weighted by molar-refractivity contribution is 7.11. The molecule has 0 saturated heterocycles. The summed E-state index contributed by atoms with van der Waals surface area (Å²) in [6, 6.07) is 15.3. The third-order valence-electron chi connectivity index (χ3n) is 3.18. The Hall–Kier alpha value is -1.12. The van der Waals surface area contributed by atoms with E-state index in [1.165, 1.54) is 15.3 Å². The smallest absolute Gasteiger partial charge is 0.00903 e. The largest absolute Gasteiger partial charge is 0.327 e. The molecule has 1 aromatic heterocycles. The van der Waals surface area contributed by atoms with Gasteiger partial charge < -0.3 is 5.73 Å². The molecule has 2 N–H and O–H groups in total. The first kappa shape index (κ1) is 13.3. The van der Waals surface area contributed by atoms with Crippen molar-refractivity contribution in [3.8, 4) is 0 Å². The van der Waals surface area contributed by atoms with Crippen LogP contribution in [0.4, 0.5) is 0 Å². The maximum absolute atomic E-state index is 6.21. The number of nitrogens with two attached hydrogens (primary N) is 1. The van der Waals surface area contributed by atoms with E-state index in [1.807, 2.05) is 11.3 Å². The molecule has 0 saturated carbocycles. The molecule has 0 bridgehead atoms. The molecule has 0 radical (unpaired) electrons. The van der Waals surface area contributed by atoms with E-state index < -0.39 is 0 Å². The second kappa shape index (κ2) is 6.72. The monoisotopic (exact) mass is 259 g/mol. The van der Waals surface area contributed by atoms with Gasteiger partial charge in [0.05, 0.1) is 0 Å². The van der Waals surface area contributed by atoms with Crippen LogP contribution in [0.1, 0.15) is 28.7 Å². The zero-order valence-corrected chi connectivity index (χ0v) is 11.7. The summed E-state index contributed by atoms with van der Waals surface area (Å²) in [5.74, 6) is 0. The van der Waals surface area contributed by atoms with Gasteiger partial charge in [0.15, 0.2) is 0 Å². The molecular weight excluding hydrogens is 238 g/mol. The molecule has 2 rings (SSSR count). The van der Waals surface area contributed by atoms with Gasteiger partial charge in [-0.25, -0.2) is 0 Å². The molecule has 1 unspecified atom stereocenters. The predicted molar refractivity (Wildman–Crippen MR) is 80.1 cm³/mol. The SMILES string of the molecule is CCc1ccc(CC(N)CCc2ccccc2)s1. The van der Waals surface area contributed by atoms with E-state index in [4.69, 9.17) is 5.73 Å². The Morgan fingerprint density at radius 2 is 1.78 bits per heavy atom. The molecular formula is C16H21NS. The summed E-state index contributed by atoms with van der Waals surface area (Å²) in [4.78, 5) is 2.88. The number of aryl methyl sites for hydroxylation is 2. The Morgan fingerprint density at radius 3 is 2.44 bits per heavy atom. The highest BCUT2D eigenvalue weighted by Gasteiger charge is 2.06. The van der Waals surface area contributed by atoms with Crippen LogP contribution in [-0.4, -0.2) is 6.04 Å². The lowest BCUT2D eigenvalue weighted by atomic mass is 10.0. The number of thiophene rings is 1. The second-order valence-corrected chi connectivity index (χ2v) is 5.96. The van der Waals surface area contributed by atoms with Gasteiger partial charge in [-0.2, -0.15) is 0 Å². The molecule has 0 fully saturated rings. The van der Waals surface area contributed by atoms with Crippen LogP contribution in [0.3, 0.4) is 0 Å². The van der Waals surface area contributed by atoms with Crippen LogP contribution in [0.2, 0.25) is 0 Å². The van der Waals surface area contributed by atoms with Gasteiger partial charge in [0.25, 0.3) is 0 Å². The first-order valence-corrected chi connectivity index (χ1v) is 7.46. The highest BCUT2D eigenvalue weighted by Crippen LogP contribution is 2.19. The summed E-state index contributed by atoms with van der Waals surface area (Å²) in [6.45, 7) is 2.20. The molecule has 0 amide bonds. The summed E-state index contributed by atoms with van der Waals surface area (Å²) in [6.07, 6.45) is 4.28. The summed E-state index contributed by atoms with van der Waals surface area (Å²) < 4.78 is 0. The van der Waals surface area contributed by atoms with E-state index in [2.05, 4.69) is 49.4 Å². The molecule has 0 aliphatic heterocycles. The van der Waals surface area contributed by atoms with Gasteiger partial charge in [0.1, 0.15) is 0 Å². The van der Waals surface area contributed by atoms with Gasteiger partial charge in [-0.1, -0.05) is 37.3 Å². The van der Waals surface area contributed by atoms with Crippen molar-refractivity contribution < 1.29 is 0 Å². The Kier molecular flexibility index (Phi) is 4.97. The summed E-state index contributed by atoms with van der Waals surface area (Å²) in [5.41, 5.74) is 7.59. The molecule has 1 heterocycles. The van der Waals surface area contributed by atoms with Crippen molar-refractivity contribution in [2.45, 2.75) is 38.6 Å². The molecule has 18 heavy (non-hydrogen) atoms. The molecule has 2 heteroatoms. The van der Waals surface area contributed by atoms with Crippen molar-refractivity contribution in [3.05, 3.63) is 57.8 Å². The molecule has 96 valence electrons. The minimum Gasteiger partial charge on any atom is -0.327 e. The standard InChI is InChI=1S/C16H21NS/c1-2-15-10-11-16(18-15)12-14(17)9-8-13-6-4-3-5-7-13/h3-7,10-11,14H,2,8-9,12,17H2,1H3. The first-order chi connectivity index (χ1) is 8.78. The van der Waals surface area contributed by atoms with E-state index >= 15 is 0 Å². The fourth-order valence-electron chi connectivity index (χ4n) is 2.08. The van der Waals surface area contributed by atoms with Gasteiger partial charge in [0, 0.05) is 15.8 Å². The van der Waals surface area contributed by atoms with Crippen LogP contribution in [-0.2, 0) is 19.3 Å². The molecule has 2 aromatic rings. The minimum absolute atomic E-state index is 0.272. The van der Waals surface area contributed by atoms with Gasteiger partial charge >= 0.3 is 0 Å². The van der Waals surface area contributed by atoms with Crippen LogP contribution in [0.15, 0.2) is 42.5 Å². The van der Waals surface area contributed by atoms with Gasteiger partial charge in [-0.05, 0) is 43.4 Å². The molecule has 1 atom stereocenters. The van der Waals surface area contributed by atoms with Crippen LogP contribution in [0.5, 0.6) is 0 Å². The zero-order valence-electron chi connectivity index (χ0n) is 10.9. The summed E-state index contributed by atoms with van der Waals surface area (Å²) in [7, 11) is 0. The Morgan fingerprint density at radius 1 is 1.06 bits per heavy atom. The van der Waals surface area contributed by atoms with Gasteiger partial charge in [-0.3, -0.25) is 0 Å². The second-order valence-electron chi connectivity index (χ2n) is 4.71. The van der Waals surface area contributed by atoms with Crippen LogP contribution in [0, 0.1) is 0 Å². The maximum atomic E-state index is 6.21. The van der Waals surface area contributed by atoms with Crippen molar-refractivity contribution in [3.63, 3.8) is 0 Å². The Bertz CT molecular complexity index is 461. The molecule has 0 aliphatic rings. The number of hydrogen-bond donors (Lipinski definition) is 1. The van der Waals surface area contributed by atoms with Crippen molar-refractivity contribution in [1.82, 2.24) is 0 Å². The van der Waals surface area contributed by atoms with E-state index in [1.54, 1.807) is 0 Å². The van der Waals surface area contributed by atoms with Crippen LogP contribution in [0.25, 0.3) is 0 Å². The van der Waals surface area contributed by atoms with Crippen molar-refractivity contribution in [2.24, 2.45) is 5.73 Å². The van der Waals surface area contributed by atoms with Crippen molar-refractivity contribution in [2.75, 3.05) is 0 Å². The minimum atomic E-state index is 0.272. The fraction of sp³-hybridized carbons (Fsp3) is 0.375. The maximum Gasteiger partial charge on any atom is 0.00903 e. The third-order valence-corrected chi connectivity index (χ3v) is 4.43. The summed E-state index contributed by atoms with van der Waals surface area (Å²) >= 11 is 1.90. The first-order valence-electron chi connectivity index (χ1n) is 6.65. The lowest BCUT2D eigenvalue weighted by Gasteiger charge is -2.10. The van der Waals surface area contributed by atoms with E-state index in [9.17, 15) is 0 Å². The van der Waals surface area contributed by atoms with Crippen molar-refractivity contribution >= 4 is 11.3 Å². The van der Waals surface area contributed by atoms with Crippen molar-refractivity contribution in [1.29, 1.82) is 0 Å². The summed E-state index contributed by atoms with van der Waals surface area (Å²) in [5, 5.41) is 0. The Labute approximate surface area is 114 Å². The third kappa shape index (κ3) is 3.97. The number of rotatable bonds is 6. The molecule has 1 aromatic carbocycles. The van der Waals surface area contributed by atoms with E-state index in [0.29, 0.717) is 0 Å². The number of hydrogen-bond acceptors (Lipinski definition) is 2. The fourth-order valence-corrected chi connectivity index (χ4v) is 3.13. The van der Waals surface area contributed by atoms with Crippen LogP contribution < -0.4 is 5.73 Å². The highest BCUT2D eigenvalue weighted by atomic mass is 32.1. The average Bonchev–Trinajstić information content (AvgIpc) is 2.85. The normalized spacial score (nSPS) is 12.6. The van der Waals surface area contributed by atoms with Crippen LogP contribution >= 0.6 is 11.3 Å². The van der Waals surface area contributed by atoms with Gasteiger partial charge in [-0.15, -0.1) is 11.3 Å². The quantitative estimate of drug-likeness (QED) is 0.838. The molecule has 0 spiro atoms. The predicted octanol–water partition coefficient (Wildman–Crippen LogP) is 3.81. The van der Waals surface area contributed by atoms with E-state index in [0.717, 1.165) is 25.7 Å². The lowest BCUT2D eigenvalue weighted by molar-refractivity contribution is 0.615. The Balaban J connectivity index is 1.80. The van der Waals surface area contributed by atoms with E-state index in [-0.39, 0.29) is 6.04 Å². The zero-order chi connectivity index (χ0) is 12.8. The average molecular weight is 259 g/mol.